The zero-order chi connectivity index (χ0) is 22.6. The maximum absolute atomic E-state index is 12.9. The van der Waals surface area contributed by atoms with Crippen molar-refractivity contribution in [3.05, 3.63) is 54.1 Å². The number of benzene rings is 2. The second-order valence-electron chi connectivity index (χ2n) is 8.57. The molecule has 0 aromatic heterocycles. The highest BCUT2D eigenvalue weighted by atomic mass is 32.2. The van der Waals surface area contributed by atoms with E-state index in [4.69, 9.17) is 4.74 Å². The van der Waals surface area contributed by atoms with Crippen LogP contribution in [0, 0.1) is 0 Å². The van der Waals surface area contributed by atoms with Gasteiger partial charge >= 0.3 is 6.09 Å². The number of carbonyl (C=O) groups is 1. The first kappa shape index (κ1) is 22.9. The predicted octanol–water partition coefficient (Wildman–Crippen LogP) is 4.11. The number of piperazine rings is 1. The standard InChI is InChI=1S/C23H31N3O4S/c1-5-18-10-12-19(13-11-18)31(28,29)24-20-8-6-7-9-21(20)25-14-16-26(17-15-25)22(27)30-23(2,3)4/h6-13,24H,5,14-17H2,1-4H3. The van der Waals surface area contributed by atoms with Crippen LogP contribution in [0.1, 0.15) is 33.3 Å². The van der Waals surface area contributed by atoms with Gasteiger partial charge in [-0.15, -0.1) is 0 Å². The van der Waals surface area contributed by atoms with Gasteiger partial charge in [0.25, 0.3) is 10.0 Å². The molecule has 1 aliphatic heterocycles. The molecule has 168 valence electrons. The number of carbonyl (C=O) groups excluding carboxylic acids is 1. The van der Waals surface area contributed by atoms with Crippen molar-refractivity contribution < 1.29 is 17.9 Å². The molecule has 0 radical (unpaired) electrons. The van der Waals surface area contributed by atoms with Gasteiger partial charge in [-0.2, -0.15) is 0 Å². The molecular formula is C23H31N3O4S. The molecule has 31 heavy (non-hydrogen) atoms. The lowest BCUT2D eigenvalue weighted by atomic mass is 10.2. The van der Waals surface area contributed by atoms with Crippen LogP contribution < -0.4 is 9.62 Å². The summed E-state index contributed by atoms with van der Waals surface area (Å²) in [7, 11) is -3.71. The Balaban J connectivity index is 1.72. The number of sulfonamides is 1. The average Bonchev–Trinajstić information content (AvgIpc) is 2.73. The normalized spacial score (nSPS) is 15.0. The predicted molar refractivity (Wildman–Crippen MR) is 123 cm³/mol. The molecule has 3 rings (SSSR count). The Labute approximate surface area is 185 Å². The van der Waals surface area contributed by atoms with E-state index in [1.54, 1.807) is 29.2 Å². The van der Waals surface area contributed by atoms with Gasteiger partial charge in [-0.05, 0) is 57.0 Å². The van der Waals surface area contributed by atoms with Crippen LogP contribution in [0.4, 0.5) is 16.2 Å². The molecule has 1 heterocycles. The van der Waals surface area contributed by atoms with Crippen LogP contribution in [0.25, 0.3) is 0 Å². The van der Waals surface area contributed by atoms with Crippen LogP contribution in [-0.2, 0) is 21.2 Å². The van der Waals surface area contributed by atoms with Crippen LogP contribution >= 0.6 is 0 Å². The van der Waals surface area contributed by atoms with Crippen molar-refractivity contribution in [3.8, 4) is 0 Å². The van der Waals surface area contributed by atoms with Gasteiger partial charge < -0.3 is 14.5 Å². The number of nitrogens with one attached hydrogen (secondary N) is 1. The molecule has 1 aliphatic rings. The number of aryl methyl sites for hydroxylation is 1. The van der Waals surface area contributed by atoms with Gasteiger partial charge in [-0.3, -0.25) is 4.72 Å². The highest BCUT2D eigenvalue weighted by Crippen LogP contribution is 2.29. The molecule has 2 aromatic carbocycles. The first-order valence-corrected chi connectivity index (χ1v) is 12.0. The highest BCUT2D eigenvalue weighted by Gasteiger charge is 2.27. The third kappa shape index (κ3) is 5.91. The first-order chi connectivity index (χ1) is 14.6. The van der Waals surface area contributed by atoms with Crippen molar-refractivity contribution in [2.24, 2.45) is 0 Å². The Kier molecular flexibility index (Phi) is 6.79. The molecule has 0 bridgehead atoms. The monoisotopic (exact) mass is 445 g/mol. The Hall–Kier alpha value is -2.74. The minimum absolute atomic E-state index is 0.231. The number of anilines is 2. The van der Waals surface area contributed by atoms with E-state index in [9.17, 15) is 13.2 Å². The molecule has 7 nitrogen and oxygen atoms in total. The first-order valence-electron chi connectivity index (χ1n) is 10.5. The molecule has 0 spiro atoms. The van der Waals surface area contributed by atoms with E-state index in [1.165, 1.54) is 0 Å². The molecule has 0 aliphatic carbocycles. The van der Waals surface area contributed by atoms with Crippen molar-refractivity contribution in [2.75, 3.05) is 35.8 Å². The molecule has 2 aromatic rings. The number of amides is 1. The topological polar surface area (TPSA) is 79.0 Å². The lowest BCUT2D eigenvalue weighted by Crippen LogP contribution is -2.50. The Morgan fingerprint density at radius 2 is 1.61 bits per heavy atom. The van der Waals surface area contributed by atoms with Crippen LogP contribution in [0.3, 0.4) is 0 Å². The molecule has 1 amide bonds. The lowest BCUT2D eigenvalue weighted by molar-refractivity contribution is 0.0240. The summed E-state index contributed by atoms with van der Waals surface area (Å²) in [5.74, 6) is 0. The largest absolute Gasteiger partial charge is 0.444 e. The second kappa shape index (κ2) is 9.18. The number of nitrogens with zero attached hydrogens (tertiary/aromatic N) is 2. The Morgan fingerprint density at radius 3 is 2.19 bits per heavy atom. The van der Waals surface area contributed by atoms with Crippen LogP contribution in [0.5, 0.6) is 0 Å². The number of rotatable bonds is 5. The summed E-state index contributed by atoms with van der Waals surface area (Å²) in [6.07, 6.45) is 0.531. The zero-order valence-corrected chi connectivity index (χ0v) is 19.4. The summed E-state index contributed by atoms with van der Waals surface area (Å²) < 4.78 is 34.0. The van der Waals surface area contributed by atoms with Crippen LogP contribution in [0.2, 0.25) is 0 Å². The minimum Gasteiger partial charge on any atom is -0.444 e. The van der Waals surface area contributed by atoms with Gasteiger partial charge in [0, 0.05) is 26.2 Å². The quantitative estimate of drug-likeness (QED) is 0.749. The fourth-order valence-corrected chi connectivity index (χ4v) is 4.47. The molecule has 1 saturated heterocycles. The van der Waals surface area contributed by atoms with Crippen molar-refractivity contribution in [1.82, 2.24) is 4.90 Å². The maximum Gasteiger partial charge on any atom is 0.410 e. The van der Waals surface area contributed by atoms with Crippen molar-refractivity contribution in [2.45, 2.75) is 44.6 Å². The SMILES string of the molecule is CCc1ccc(S(=O)(=O)Nc2ccccc2N2CCN(C(=O)OC(C)(C)C)CC2)cc1. The van der Waals surface area contributed by atoms with Crippen molar-refractivity contribution in [3.63, 3.8) is 0 Å². The van der Waals surface area contributed by atoms with Crippen LogP contribution in [-0.4, -0.2) is 51.2 Å². The van der Waals surface area contributed by atoms with Gasteiger partial charge in [-0.25, -0.2) is 13.2 Å². The third-order valence-electron chi connectivity index (χ3n) is 5.06. The summed E-state index contributed by atoms with van der Waals surface area (Å²) in [6, 6.07) is 14.2. The molecular weight excluding hydrogens is 414 g/mol. The third-order valence-corrected chi connectivity index (χ3v) is 6.44. The molecule has 0 unspecified atom stereocenters. The summed E-state index contributed by atoms with van der Waals surface area (Å²) in [5.41, 5.74) is 1.86. The maximum atomic E-state index is 12.9. The number of ether oxygens (including phenoxy) is 1. The molecule has 8 heteroatoms. The molecule has 0 atom stereocenters. The molecule has 0 saturated carbocycles. The Morgan fingerprint density at radius 1 is 1.00 bits per heavy atom. The van der Waals surface area contributed by atoms with E-state index < -0.39 is 15.6 Å². The van der Waals surface area contributed by atoms with E-state index >= 15 is 0 Å². The van der Waals surface area contributed by atoms with E-state index in [1.807, 2.05) is 52.0 Å². The summed E-state index contributed by atoms with van der Waals surface area (Å²) in [6.45, 7) is 9.76. The van der Waals surface area contributed by atoms with Gasteiger partial charge in [0.2, 0.25) is 0 Å². The van der Waals surface area contributed by atoms with E-state index in [2.05, 4.69) is 9.62 Å². The van der Waals surface area contributed by atoms with Gasteiger partial charge in [0.15, 0.2) is 0 Å². The van der Waals surface area contributed by atoms with Crippen molar-refractivity contribution in [1.29, 1.82) is 0 Å². The number of hydrogen-bond acceptors (Lipinski definition) is 5. The van der Waals surface area contributed by atoms with Crippen LogP contribution in [0.15, 0.2) is 53.4 Å². The van der Waals surface area contributed by atoms with Gasteiger partial charge in [0.1, 0.15) is 5.60 Å². The fraction of sp³-hybridized carbons (Fsp3) is 0.435. The smallest absolute Gasteiger partial charge is 0.410 e. The zero-order valence-electron chi connectivity index (χ0n) is 18.6. The number of para-hydroxylation sites is 2. The van der Waals surface area contributed by atoms with Crippen molar-refractivity contribution >= 4 is 27.5 Å². The van der Waals surface area contributed by atoms with E-state index in [0.717, 1.165) is 17.7 Å². The summed E-state index contributed by atoms with van der Waals surface area (Å²) >= 11 is 0. The lowest BCUT2D eigenvalue weighted by Gasteiger charge is -2.37. The summed E-state index contributed by atoms with van der Waals surface area (Å²) in [4.78, 5) is 16.3. The summed E-state index contributed by atoms with van der Waals surface area (Å²) in [5, 5.41) is 0. The Bertz CT molecular complexity index is 1010. The van der Waals surface area contributed by atoms with Gasteiger partial charge in [0.05, 0.1) is 16.3 Å². The average molecular weight is 446 g/mol. The van der Waals surface area contributed by atoms with Gasteiger partial charge in [-0.1, -0.05) is 31.2 Å². The second-order valence-corrected chi connectivity index (χ2v) is 10.3. The minimum atomic E-state index is -3.71. The highest BCUT2D eigenvalue weighted by molar-refractivity contribution is 7.92. The molecule has 1 N–H and O–H groups in total. The van der Waals surface area contributed by atoms with E-state index in [0.29, 0.717) is 31.9 Å². The van der Waals surface area contributed by atoms with E-state index in [-0.39, 0.29) is 11.0 Å². The fourth-order valence-electron chi connectivity index (χ4n) is 3.40. The number of hydrogen-bond donors (Lipinski definition) is 1. The molecule has 1 fully saturated rings.